The van der Waals surface area contributed by atoms with E-state index in [9.17, 15) is 19.2 Å². The van der Waals surface area contributed by atoms with Crippen LogP contribution in [-0.2, 0) is 30.3 Å². The number of aryl methyl sites for hydroxylation is 1. The van der Waals surface area contributed by atoms with E-state index in [4.69, 9.17) is 4.74 Å². The van der Waals surface area contributed by atoms with E-state index in [1.54, 1.807) is 32.9 Å². The van der Waals surface area contributed by atoms with Crippen LogP contribution < -0.4 is 10.6 Å². The molecule has 0 aliphatic heterocycles. The van der Waals surface area contributed by atoms with Crippen molar-refractivity contribution < 1.29 is 28.7 Å². The summed E-state index contributed by atoms with van der Waals surface area (Å²) in [6.45, 7) is 8.91. The Morgan fingerprint density at radius 1 is 1.00 bits per heavy atom. The van der Waals surface area contributed by atoms with E-state index in [0.717, 1.165) is 11.1 Å². The van der Waals surface area contributed by atoms with Crippen LogP contribution in [0, 0.1) is 6.92 Å². The van der Waals surface area contributed by atoms with Crippen molar-refractivity contribution in [3.63, 3.8) is 0 Å². The first kappa shape index (κ1) is 30.3. The third-order valence-electron chi connectivity index (χ3n) is 5.57. The summed E-state index contributed by atoms with van der Waals surface area (Å²) in [7, 11) is 1.23. The van der Waals surface area contributed by atoms with Gasteiger partial charge in [-0.3, -0.25) is 14.4 Å². The van der Waals surface area contributed by atoms with E-state index in [1.165, 1.54) is 12.0 Å². The van der Waals surface area contributed by atoms with E-state index in [0.29, 0.717) is 12.0 Å². The number of hydrogen-bond acceptors (Lipinski definition) is 6. The van der Waals surface area contributed by atoms with Crippen LogP contribution in [0.25, 0.3) is 0 Å². The maximum atomic E-state index is 14.1. The number of esters is 1. The summed E-state index contributed by atoms with van der Waals surface area (Å²) in [4.78, 5) is 53.5. The quantitative estimate of drug-likeness (QED) is 0.433. The van der Waals surface area contributed by atoms with Gasteiger partial charge in [-0.15, -0.1) is 0 Å². The Bertz CT molecular complexity index is 1100. The molecular weight excluding hydrogens is 486 g/mol. The predicted octanol–water partition coefficient (Wildman–Crippen LogP) is 3.70. The molecule has 206 valence electrons. The normalized spacial score (nSPS) is 12.6. The molecular formula is C29H39N3O6. The lowest BCUT2D eigenvalue weighted by molar-refractivity contribution is -0.144. The zero-order valence-electron chi connectivity index (χ0n) is 23.1. The van der Waals surface area contributed by atoms with Crippen molar-refractivity contribution in [2.75, 3.05) is 20.2 Å². The fraction of sp³-hybridized carbons (Fsp3) is 0.448. The van der Waals surface area contributed by atoms with Gasteiger partial charge in [0.2, 0.25) is 11.8 Å². The van der Waals surface area contributed by atoms with Gasteiger partial charge in [-0.05, 0) is 45.2 Å². The van der Waals surface area contributed by atoms with Crippen LogP contribution >= 0.6 is 0 Å². The van der Waals surface area contributed by atoms with Crippen LogP contribution in [0.4, 0.5) is 4.79 Å². The molecule has 0 heterocycles. The average molecular weight is 526 g/mol. The summed E-state index contributed by atoms with van der Waals surface area (Å²) >= 11 is 0. The number of hydrogen-bond donors (Lipinski definition) is 2. The summed E-state index contributed by atoms with van der Waals surface area (Å²) in [5.41, 5.74) is 1.57. The summed E-state index contributed by atoms with van der Waals surface area (Å²) in [5.74, 6) is -1.58. The molecule has 2 rings (SSSR count). The van der Waals surface area contributed by atoms with E-state index >= 15 is 0 Å². The lowest BCUT2D eigenvalue weighted by Gasteiger charge is -2.34. The number of ether oxygens (including phenoxy) is 2. The van der Waals surface area contributed by atoms with Crippen molar-refractivity contribution in [3.05, 3.63) is 71.3 Å². The highest BCUT2D eigenvalue weighted by atomic mass is 16.6. The summed E-state index contributed by atoms with van der Waals surface area (Å²) in [5, 5.41) is 5.30. The van der Waals surface area contributed by atoms with Crippen molar-refractivity contribution in [1.29, 1.82) is 0 Å². The Morgan fingerprint density at radius 2 is 1.68 bits per heavy atom. The van der Waals surface area contributed by atoms with Gasteiger partial charge in [0.1, 0.15) is 24.2 Å². The second-order valence-electron chi connectivity index (χ2n) is 10.0. The topological polar surface area (TPSA) is 114 Å². The number of alkyl carbamates (subject to hydrolysis) is 1. The Kier molecular flexibility index (Phi) is 11.3. The predicted molar refractivity (Wildman–Crippen MR) is 144 cm³/mol. The van der Waals surface area contributed by atoms with E-state index in [-0.39, 0.29) is 19.5 Å². The van der Waals surface area contributed by atoms with Crippen LogP contribution in [0.5, 0.6) is 0 Å². The molecule has 9 heteroatoms. The van der Waals surface area contributed by atoms with Crippen LogP contribution in [0.15, 0.2) is 54.6 Å². The third kappa shape index (κ3) is 9.53. The Morgan fingerprint density at radius 3 is 2.26 bits per heavy atom. The highest BCUT2D eigenvalue weighted by molar-refractivity contribution is 5.93. The second kappa shape index (κ2) is 14.2. The van der Waals surface area contributed by atoms with Gasteiger partial charge in [-0.2, -0.15) is 0 Å². The lowest BCUT2D eigenvalue weighted by Crippen LogP contribution is -2.54. The number of amides is 3. The standard InChI is InChI=1S/C29H39N3O6/c1-7-16-32(25(22-15-11-12-20(2)17-22)26(34)30-19-24(33)37-6)27(35)23(18-21-13-9-8-10-14-21)31-28(36)38-29(3,4)5/h8-15,17,23,25H,7,16,18-19H2,1-6H3,(H,30,34)(H,31,36). The minimum atomic E-state index is -1.04. The highest BCUT2D eigenvalue weighted by Gasteiger charge is 2.36. The number of carbonyl (C=O) groups is 4. The van der Waals surface area contributed by atoms with Gasteiger partial charge in [-0.25, -0.2) is 4.79 Å². The van der Waals surface area contributed by atoms with Crippen molar-refractivity contribution in [2.45, 2.75) is 65.1 Å². The average Bonchev–Trinajstić information content (AvgIpc) is 2.85. The summed E-state index contributed by atoms with van der Waals surface area (Å²) < 4.78 is 10.1. The number of carbonyl (C=O) groups excluding carboxylic acids is 4. The third-order valence-corrected chi connectivity index (χ3v) is 5.57. The molecule has 0 aliphatic carbocycles. The van der Waals surface area contributed by atoms with Gasteiger partial charge in [0.25, 0.3) is 0 Å². The highest BCUT2D eigenvalue weighted by Crippen LogP contribution is 2.24. The molecule has 0 aliphatic rings. The van der Waals surface area contributed by atoms with Crippen LogP contribution in [-0.4, -0.2) is 60.6 Å². The molecule has 0 saturated heterocycles. The fourth-order valence-corrected chi connectivity index (χ4v) is 3.95. The summed E-state index contributed by atoms with van der Waals surface area (Å²) in [6.07, 6.45) is 0.0252. The van der Waals surface area contributed by atoms with Gasteiger partial charge in [0.05, 0.1) is 7.11 Å². The van der Waals surface area contributed by atoms with Crippen molar-refractivity contribution in [3.8, 4) is 0 Å². The molecule has 2 aromatic rings. The van der Waals surface area contributed by atoms with Crippen LogP contribution in [0.1, 0.15) is 56.8 Å². The van der Waals surface area contributed by atoms with Crippen LogP contribution in [0.2, 0.25) is 0 Å². The van der Waals surface area contributed by atoms with Crippen molar-refractivity contribution >= 4 is 23.9 Å². The SMILES string of the molecule is CCCN(C(=O)C(Cc1ccccc1)NC(=O)OC(C)(C)C)C(C(=O)NCC(=O)OC)c1cccc(C)c1. The van der Waals surface area contributed by atoms with Gasteiger partial charge >= 0.3 is 12.1 Å². The van der Waals surface area contributed by atoms with Gasteiger partial charge in [-0.1, -0.05) is 67.1 Å². The molecule has 0 radical (unpaired) electrons. The minimum absolute atomic E-state index is 0.198. The van der Waals surface area contributed by atoms with Gasteiger partial charge < -0.3 is 25.0 Å². The molecule has 0 saturated carbocycles. The zero-order chi connectivity index (χ0) is 28.3. The van der Waals surface area contributed by atoms with Crippen LogP contribution in [0.3, 0.4) is 0 Å². The molecule has 0 bridgehead atoms. The smallest absolute Gasteiger partial charge is 0.408 e. The van der Waals surface area contributed by atoms with Crippen molar-refractivity contribution in [1.82, 2.24) is 15.5 Å². The molecule has 0 spiro atoms. The zero-order valence-corrected chi connectivity index (χ0v) is 23.1. The molecule has 2 aromatic carbocycles. The Labute approximate surface area is 224 Å². The van der Waals surface area contributed by atoms with E-state index in [2.05, 4.69) is 15.4 Å². The second-order valence-corrected chi connectivity index (χ2v) is 10.0. The summed E-state index contributed by atoms with van der Waals surface area (Å²) in [6, 6.07) is 14.5. The fourth-order valence-electron chi connectivity index (χ4n) is 3.95. The Hall–Kier alpha value is -3.88. The van der Waals surface area contributed by atoms with Gasteiger partial charge in [0, 0.05) is 13.0 Å². The number of nitrogens with zero attached hydrogens (tertiary/aromatic N) is 1. The number of benzene rings is 2. The molecule has 2 unspecified atom stereocenters. The molecule has 2 atom stereocenters. The maximum Gasteiger partial charge on any atom is 0.408 e. The van der Waals surface area contributed by atoms with E-state index in [1.807, 2.05) is 56.3 Å². The minimum Gasteiger partial charge on any atom is -0.468 e. The first-order chi connectivity index (χ1) is 17.9. The molecule has 38 heavy (non-hydrogen) atoms. The molecule has 3 amide bonds. The maximum absolute atomic E-state index is 14.1. The molecule has 9 nitrogen and oxygen atoms in total. The van der Waals surface area contributed by atoms with Gasteiger partial charge in [0.15, 0.2) is 0 Å². The largest absolute Gasteiger partial charge is 0.468 e. The number of methoxy groups -OCH3 is 1. The van der Waals surface area contributed by atoms with Crippen molar-refractivity contribution in [2.24, 2.45) is 0 Å². The van der Waals surface area contributed by atoms with E-state index < -0.39 is 41.6 Å². The first-order valence-electron chi connectivity index (χ1n) is 12.7. The molecule has 0 aromatic heterocycles. The molecule has 0 fully saturated rings. The Balaban J connectivity index is 2.49. The lowest BCUT2D eigenvalue weighted by atomic mass is 9.99. The first-order valence-corrected chi connectivity index (χ1v) is 12.7. The number of rotatable bonds is 11. The monoisotopic (exact) mass is 525 g/mol. The molecule has 2 N–H and O–H groups in total. The number of nitrogens with one attached hydrogen (secondary N) is 2.